The van der Waals surface area contributed by atoms with Crippen LogP contribution in [0, 0.1) is 0 Å². The number of primary amides is 1. The summed E-state index contributed by atoms with van der Waals surface area (Å²) in [6.45, 7) is 0. The highest BCUT2D eigenvalue weighted by atomic mass is 16.4. The van der Waals surface area contributed by atoms with Gasteiger partial charge in [0.15, 0.2) is 0 Å². The summed E-state index contributed by atoms with van der Waals surface area (Å²) in [6, 6.07) is 26.2. The van der Waals surface area contributed by atoms with Crippen LogP contribution in [0.15, 0.2) is 78.9 Å². The zero-order valence-corrected chi connectivity index (χ0v) is 16.3. The minimum atomic E-state index is -1.31. The van der Waals surface area contributed by atoms with Crippen LogP contribution in [0.3, 0.4) is 0 Å². The Hall–Kier alpha value is -3.93. The van der Waals surface area contributed by atoms with E-state index in [0.29, 0.717) is 12.0 Å². The maximum atomic E-state index is 11.8. The van der Waals surface area contributed by atoms with Crippen molar-refractivity contribution >= 4 is 17.8 Å². The molecule has 0 aliphatic rings. The fourth-order valence-electron chi connectivity index (χ4n) is 2.99. The van der Waals surface area contributed by atoms with Gasteiger partial charge < -0.3 is 15.9 Å². The molecule has 6 heteroatoms. The van der Waals surface area contributed by atoms with Crippen LogP contribution >= 0.6 is 0 Å². The number of benzene rings is 3. The lowest BCUT2D eigenvalue weighted by molar-refractivity contribution is -0.147. The molecule has 6 nitrogen and oxygen atoms in total. The summed E-state index contributed by atoms with van der Waals surface area (Å²) in [5.74, 6) is -2.99. The Bertz CT molecular complexity index is 989. The highest BCUT2D eigenvalue weighted by Gasteiger charge is 2.13. The number of carboxylic acid groups (broad SMARTS) is 2. The van der Waals surface area contributed by atoms with Gasteiger partial charge in [-0.25, -0.2) is 0 Å². The Kier molecular flexibility index (Phi) is 8.32. The van der Waals surface area contributed by atoms with E-state index in [1.54, 1.807) is 0 Å². The van der Waals surface area contributed by atoms with E-state index in [-0.39, 0.29) is 5.91 Å². The molecule has 0 fully saturated rings. The van der Waals surface area contributed by atoms with E-state index in [1.165, 1.54) is 11.1 Å². The Morgan fingerprint density at radius 2 is 1.17 bits per heavy atom. The lowest BCUT2D eigenvalue weighted by Gasteiger charge is -2.14. The number of rotatable bonds is 7. The lowest BCUT2D eigenvalue weighted by atomic mass is 9.91. The van der Waals surface area contributed by atoms with Crippen molar-refractivity contribution in [2.45, 2.75) is 19.3 Å². The predicted octanol–water partition coefficient (Wildman–Crippen LogP) is 3.51. The summed E-state index contributed by atoms with van der Waals surface area (Å²) in [7, 11) is 0. The summed E-state index contributed by atoms with van der Waals surface area (Å²) >= 11 is 0. The molecule has 0 atom stereocenters. The molecule has 1 amide bonds. The fraction of sp³-hybridized carbons (Fsp3) is 0.125. The van der Waals surface area contributed by atoms with Gasteiger partial charge in [-0.1, -0.05) is 72.8 Å². The number of hydrogen-bond acceptors (Lipinski definition) is 3. The topological polar surface area (TPSA) is 118 Å². The quantitative estimate of drug-likeness (QED) is 0.520. The molecule has 0 saturated carbocycles. The molecule has 3 aromatic carbocycles. The Labute approximate surface area is 174 Å². The van der Waals surface area contributed by atoms with E-state index in [2.05, 4.69) is 30.3 Å². The van der Waals surface area contributed by atoms with Gasteiger partial charge in [-0.05, 0) is 41.2 Å². The second-order valence-corrected chi connectivity index (χ2v) is 6.60. The molecular weight excluding hydrogens is 382 g/mol. The van der Waals surface area contributed by atoms with E-state index < -0.39 is 18.4 Å². The number of hydrogen-bond donors (Lipinski definition) is 3. The van der Waals surface area contributed by atoms with Crippen molar-refractivity contribution in [3.8, 4) is 0 Å². The van der Waals surface area contributed by atoms with E-state index >= 15 is 0 Å². The largest absolute Gasteiger partial charge is 0.481 e. The molecule has 0 aliphatic carbocycles. The molecule has 0 unspecified atom stereocenters. The van der Waals surface area contributed by atoms with Crippen LogP contribution in [0.1, 0.15) is 39.0 Å². The Morgan fingerprint density at radius 1 is 0.667 bits per heavy atom. The molecule has 30 heavy (non-hydrogen) atoms. The SMILES string of the molecule is NC(=O)c1cccc(Cc2ccccc2)c1Cc1ccccc1.O=C(O)CC(=O)O. The smallest absolute Gasteiger partial charge is 0.314 e. The molecule has 3 aromatic rings. The van der Waals surface area contributed by atoms with Gasteiger partial charge in [0.25, 0.3) is 0 Å². The van der Waals surface area contributed by atoms with Gasteiger partial charge in [-0.15, -0.1) is 0 Å². The number of aliphatic carboxylic acids is 2. The van der Waals surface area contributed by atoms with Crippen molar-refractivity contribution in [1.82, 2.24) is 0 Å². The average Bonchev–Trinajstić information content (AvgIpc) is 2.70. The first-order valence-corrected chi connectivity index (χ1v) is 9.28. The van der Waals surface area contributed by atoms with E-state index in [1.807, 2.05) is 48.5 Å². The van der Waals surface area contributed by atoms with Crippen molar-refractivity contribution in [1.29, 1.82) is 0 Å². The number of amides is 1. The van der Waals surface area contributed by atoms with Crippen molar-refractivity contribution in [3.63, 3.8) is 0 Å². The maximum absolute atomic E-state index is 11.8. The molecular formula is C24H23NO5. The number of carboxylic acids is 2. The zero-order chi connectivity index (χ0) is 21.9. The average molecular weight is 405 g/mol. The first kappa shape index (κ1) is 22.4. The first-order chi connectivity index (χ1) is 14.4. The second kappa shape index (κ2) is 11.2. The van der Waals surface area contributed by atoms with Crippen LogP contribution < -0.4 is 5.73 Å². The molecule has 0 heterocycles. The molecule has 0 bridgehead atoms. The molecule has 0 aliphatic heterocycles. The molecule has 0 spiro atoms. The van der Waals surface area contributed by atoms with Crippen LogP contribution in [0.25, 0.3) is 0 Å². The summed E-state index contributed by atoms with van der Waals surface area (Å²) in [6.07, 6.45) is 0.701. The fourth-order valence-corrected chi connectivity index (χ4v) is 2.99. The minimum absolute atomic E-state index is 0.370. The summed E-state index contributed by atoms with van der Waals surface area (Å²) < 4.78 is 0. The van der Waals surface area contributed by atoms with E-state index in [9.17, 15) is 14.4 Å². The molecule has 0 aromatic heterocycles. The van der Waals surface area contributed by atoms with Gasteiger partial charge in [0, 0.05) is 5.56 Å². The maximum Gasteiger partial charge on any atom is 0.314 e. The molecule has 3 rings (SSSR count). The first-order valence-electron chi connectivity index (χ1n) is 9.28. The lowest BCUT2D eigenvalue weighted by Crippen LogP contribution is -2.15. The summed E-state index contributed by atoms with van der Waals surface area (Å²) in [4.78, 5) is 30.7. The third-order valence-electron chi connectivity index (χ3n) is 4.30. The number of carbonyl (C=O) groups is 3. The summed E-state index contributed by atoms with van der Waals surface area (Å²) in [5, 5.41) is 15.4. The third-order valence-corrected chi connectivity index (χ3v) is 4.30. The van der Waals surface area contributed by atoms with Gasteiger partial charge in [0.05, 0.1) is 0 Å². The number of nitrogens with two attached hydrogens (primary N) is 1. The van der Waals surface area contributed by atoms with E-state index in [0.717, 1.165) is 17.5 Å². The minimum Gasteiger partial charge on any atom is -0.481 e. The van der Waals surface area contributed by atoms with Gasteiger partial charge in [0.2, 0.25) is 5.91 Å². The van der Waals surface area contributed by atoms with Crippen LogP contribution in [0.5, 0.6) is 0 Å². The van der Waals surface area contributed by atoms with Crippen LogP contribution in [0.4, 0.5) is 0 Å². The van der Waals surface area contributed by atoms with Crippen molar-refractivity contribution in [3.05, 3.63) is 107 Å². The van der Waals surface area contributed by atoms with Crippen molar-refractivity contribution in [2.24, 2.45) is 5.73 Å². The Balaban J connectivity index is 0.000000396. The zero-order valence-electron chi connectivity index (χ0n) is 16.3. The standard InChI is InChI=1S/C21H19NO.C3H4O4/c22-21(23)19-13-7-12-18(14-16-8-3-1-4-9-16)20(19)15-17-10-5-2-6-11-17;4-2(5)1-3(6)7/h1-13H,14-15H2,(H2,22,23);1H2,(H,4,5)(H,6,7). The molecule has 4 N–H and O–H groups in total. The summed E-state index contributed by atoms with van der Waals surface area (Å²) in [5.41, 5.74) is 10.8. The van der Waals surface area contributed by atoms with Gasteiger partial charge in [-0.2, -0.15) is 0 Å². The van der Waals surface area contributed by atoms with Gasteiger partial charge in [-0.3, -0.25) is 14.4 Å². The molecule has 154 valence electrons. The third kappa shape index (κ3) is 7.24. The second-order valence-electron chi connectivity index (χ2n) is 6.60. The highest BCUT2D eigenvalue weighted by molar-refractivity contribution is 5.94. The molecule has 0 radical (unpaired) electrons. The van der Waals surface area contributed by atoms with Crippen molar-refractivity contribution < 1.29 is 24.6 Å². The van der Waals surface area contributed by atoms with Crippen LogP contribution in [0.2, 0.25) is 0 Å². The number of carbonyl (C=O) groups excluding carboxylic acids is 1. The monoisotopic (exact) mass is 405 g/mol. The predicted molar refractivity (Wildman–Crippen MR) is 113 cm³/mol. The normalized spacial score (nSPS) is 9.87. The van der Waals surface area contributed by atoms with E-state index in [4.69, 9.17) is 15.9 Å². The van der Waals surface area contributed by atoms with Crippen LogP contribution in [-0.4, -0.2) is 28.1 Å². The van der Waals surface area contributed by atoms with Gasteiger partial charge >= 0.3 is 11.9 Å². The van der Waals surface area contributed by atoms with Crippen LogP contribution in [-0.2, 0) is 22.4 Å². The molecule has 0 saturated heterocycles. The van der Waals surface area contributed by atoms with Crippen molar-refractivity contribution in [2.75, 3.05) is 0 Å². The van der Waals surface area contributed by atoms with Gasteiger partial charge in [0.1, 0.15) is 6.42 Å². The highest BCUT2D eigenvalue weighted by Crippen LogP contribution is 2.22. The Morgan fingerprint density at radius 3 is 1.60 bits per heavy atom.